The van der Waals surface area contributed by atoms with Crippen LogP contribution in [0.25, 0.3) is 0 Å². The second kappa shape index (κ2) is 4.15. The molecule has 0 unspecified atom stereocenters. The van der Waals surface area contributed by atoms with Crippen LogP contribution in [0, 0.1) is 5.92 Å². The highest BCUT2D eigenvalue weighted by Gasteiger charge is 2.36. The standard InChI is InChI=1S/C9H15N3O3S/c10-8(16(11,13)14)5-7-9(6-1-2-6)15-4-3-12-7/h5-6,9H,1-4,10H2,(H2,11,13,14)/t9-/m1/s1. The summed E-state index contributed by atoms with van der Waals surface area (Å²) in [5, 5.41) is 4.56. The lowest BCUT2D eigenvalue weighted by atomic mass is 10.1. The van der Waals surface area contributed by atoms with Crippen molar-refractivity contribution in [3.8, 4) is 0 Å². The third kappa shape index (κ3) is 2.60. The molecule has 90 valence electrons. The van der Waals surface area contributed by atoms with Crippen LogP contribution in [0.1, 0.15) is 12.8 Å². The lowest BCUT2D eigenvalue weighted by Crippen LogP contribution is -2.32. The molecule has 1 fully saturated rings. The molecule has 7 heteroatoms. The van der Waals surface area contributed by atoms with E-state index in [-0.39, 0.29) is 11.1 Å². The van der Waals surface area contributed by atoms with Crippen LogP contribution in [-0.4, -0.2) is 33.4 Å². The normalized spacial score (nSPS) is 27.7. The number of primary sulfonamides is 1. The Morgan fingerprint density at radius 1 is 1.50 bits per heavy atom. The molecule has 6 nitrogen and oxygen atoms in total. The zero-order valence-corrected chi connectivity index (χ0v) is 9.61. The Morgan fingerprint density at radius 3 is 2.75 bits per heavy atom. The van der Waals surface area contributed by atoms with E-state index in [2.05, 4.69) is 4.99 Å². The molecule has 4 N–H and O–H groups in total. The molecule has 1 aliphatic carbocycles. The van der Waals surface area contributed by atoms with E-state index >= 15 is 0 Å². The summed E-state index contributed by atoms with van der Waals surface area (Å²) in [4.78, 5) is 4.24. The fraction of sp³-hybridized carbons (Fsp3) is 0.667. The maximum atomic E-state index is 11.0. The predicted octanol–water partition coefficient (Wildman–Crippen LogP) is -0.675. The number of rotatable bonds is 3. The molecule has 0 aromatic heterocycles. The highest BCUT2D eigenvalue weighted by atomic mass is 32.2. The number of nitrogens with two attached hydrogens (primary N) is 2. The van der Waals surface area contributed by atoms with Gasteiger partial charge in [0, 0.05) is 0 Å². The van der Waals surface area contributed by atoms with Gasteiger partial charge in [0.1, 0.15) is 11.1 Å². The summed E-state index contributed by atoms with van der Waals surface area (Å²) < 4.78 is 27.5. The van der Waals surface area contributed by atoms with E-state index in [9.17, 15) is 8.42 Å². The fourth-order valence-electron chi connectivity index (χ4n) is 1.66. The van der Waals surface area contributed by atoms with E-state index in [1.165, 1.54) is 6.08 Å². The van der Waals surface area contributed by atoms with Gasteiger partial charge >= 0.3 is 0 Å². The number of nitrogens with zero attached hydrogens (tertiary/aromatic N) is 1. The third-order valence-corrected chi connectivity index (χ3v) is 3.42. The SMILES string of the molecule is NC(=CC1=NCCO[C@@H]1C1CC1)S(N)(=O)=O. The summed E-state index contributed by atoms with van der Waals surface area (Å²) in [6.07, 6.45) is 3.38. The second-order valence-electron chi connectivity index (χ2n) is 4.03. The number of aliphatic imine (C=N–C) groups is 1. The van der Waals surface area contributed by atoms with Crippen LogP contribution in [-0.2, 0) is 14.8 Å². The maximum absolute atomic E-state index is 11.0. The molecule has 0 aromatic carbocycles. The molecule has 2 rings (SSSR count). The highest BCUT2D eigenvalue weighted by molar-refractivity contribution is 7.93. The average Bonchev–Trinajstić information content (AvgIpc) is 3.00. The average molecular weight is 245 g/mol. The van der Waals surface area contributed by atoms with Crippen molar-refractivity contribution in [3.05, 3.63) is 11.1 Å². The molecule has 16 heavy (non-hydrogen) atoms. The number of ether oxygens (including phenoxy) is 1. The summed E-state index contributed by atoms with van der Waals surface area (Å²) >= 11 is 0. The van der Waals surface area contributed by atoms with Crippen molar-refractivity contribution in [1.29, 1.82) is 0 Å². The van der Waals surface area contributed by atoms with Gasteiger partial charge in [-0.3, -0.25) is 4.99 Å². The van der Waals surface area contributed by atoms with Crippen LogP contribution in [0.15, 0.2) is 16.1 Å². The molecule has 0 spiro atoms. The number of hydrogen-bond acceptors (Lipinski definition) is 5. The minimum Gasteiger partial charge on any atom is -0.388 e. The molecule has 2 aliphatic rings. The quantitative estimate of drug-likeness (QED) is 0.687. The minimum absolute atomic E-state index is 0.117. The van der Waals surface area contributed by atoms with E-state index in [4.69, 9.17) is 15.6 Å². The van der Waals surface area contributed by atoms with E-state index < -0.39 is 10.0 Å². The molecular formula is C9H15N3O3S. The van der Waals surface area contributed by atoms with Crippen molar-refractivity contribution in [3.63, 3.8) is 0 Å². The van der Waals surface area contributed by atoms with Gasteiger partial charge in [0.25, 0.3) is 10.0 Å². The van der Waals surface area contributed by atoms with Crippen LogP contribution in [0.3, 0.4) is 0 Å². The monoisotopic (exact) mass is 245 g/mol. The Hall–Kier alpha value is -0.920. The maximum Gasteiger partial charge on any atom is 0.253 e. The van der Waals surface area contributed by atoms with Gasteiger partial charge in [0.2, 0.25) is 0 Å². The van der Waals surface area contributed by atoms with Crippen molar-refractivity contribution in [1.82, 2.24) is 0 Å². The molecule has 0 radical (unpaired) electrons. The van der Waals surface area contributed by atoms with Gasteiger partial charge in [-0.1, -0.05) is 0 Å². The molecule has 0 amide bonds. The topological polar surface area (TPSA) is 108 Å². The van der Waals surface area contributed by atoms with Crippen LogP contribution >= 0.6 is 0 Å². The van der Waals surface area contributed by atoms with E-state index in [1.54, 1.807) is 0 Å². The molecule has 1 heterocycles. The van der Waals surface area contributed by atoms with Crippen molar-refractivity contribution in [2.45, 2.75) is 18.9 Å². The fourth-order valence-corrected chi connectivity index (χ4v) is 1.95. The van der Waals surface area contributed by atoms with Crippen LogP contribution in [0.5, 0.6) is 0 Å². The van der Waals surface area contributed by atoms with Crippen molar-refractivity contribution < 1.29 is 13.2 Å². The molecule has 0 saturated heterocycles. The second-order valence-corrected chi connectivity index (χ2v) is 5.59. The largest absolute Gasteiger partial charge is 0.388 e. The number of hydrogen-bond donors (Lipinski definition) is 2. The minimum atomic E-state index is -3.83. The lowest BCUT2D eigenvalue weighted by molar-refractivity contribution is 0.0817. The highest BCUT2D eigenvalue weighted by Crippen LogP contribution is 2.36. The van der Waals surface area contributed by atoms with Crippen LogP contribution < -0.4 is 10.9 Å². The van der Waals surface area contributed by atoms with Gasteiger partial charge < -0.3 is 10.5 Å². The van der Waals surface area contributed by atoms with E-state index in [1.807, 2.05) is 0 Å². The first-order chi connectivity index (χ1) is 7.48. The molecule has 1 aliphatic heterocycles. The molecule has 0 bridgehead atoms. The summed E-state index contributed by atoms with van der Waals surface area (Å²) in [5.41, 5.74) is 5.97. The van der Waals surface area contributed by atoms with Crippen molar-refractivity contribution in [2.75, 3.05) is 13.2 Å². The summed E-state index contributed by atoms with van der Waals surface area (Å²) in [5.74, 6) is 0.448. The summed E-state index contributed by atoms with van der Waals surface area (Å²) in [7, 11) is -3.83. The van der Waals surface area contributed by atoms with E-state index in [0.29, 0.717) is 24.8 Å². The lowest BCUT2D eigenvalue weighted by Gasteiger charge is -2.21. The Morgan fingerprint density at radius 2 is 2.19 bits per heavy atom. The Labute approximate surface area is 94.4 Å². The molecular weight excluding hydrogens is 230 g/mol. The van der Waals surface area contributed by atoms with Crippen LogP contribution in [0.2, 0.25) is 0 Å². The zero-order chi connectivity index (χ0) is 11.8. The van der Waals surface area contributed by atoms with Gasteiger partial charge in [0.05, 0.1) is 18.9 Å². The van der Waals surface area contributed by atoms with Gasteiger partial charge in [-0.05, 0) is 24.8 Å². The summed E-state index contributed by atoms with van der Waals surface area (Å²) in [6.45, 7) is 1.11. The van der Waals surface area contributed by atoms with E-state index in [0.717, 1.165) is 12.8 Å². The first-order valence-electron chi connectivity index (χ1n) is 5.14. The van der Waals surface area contributed by atoms with Gasteiger partial charge in [0.15, 0.2) is 0 Å². The third-order valence-electron chi connectivity index (χ3n) is 2.64. The van der Waals surface area contributed by atoms with Gasteiger partial charge in [-0.2, -0.15) is 0 Å². The van der Waals surface area contributed by atoms with Crippen molar-refractivity contribution >= 4 is 15.7 Å². The first-order valence-corrected chi connectivity index (χ1v) is 6.69. The zero-order valence-electron chi connectivity index (χ0n) is 8.80. The first kappa shape index (κ1) is 11.6. The van der Waals surface area contributed by atoms with Gasteiger partial charge in [-0.15, -0.1) is 0 Å². The predicted molar refractivity (Wildman–Crippen MR) is 60.1 cm³/mol. The molecule has 1 atom stereocenters. The van der Waals surface area contributed by atoms with Gasteiger partial charge in [-0.25, -0.2) is 13.6 Å². The number of sulfonamides is 1. The Balaban J connectivity index is 2.21. The molecule has 1 saturated carbocycles. The Bertz CT molecular complexity index is 437. The van der Waals surface area contributed by atoms with Crippen LogP contribution in [0.4, 0.5) is 0 Å². The smallest absolute Gasteiger partial charge is 0.253 e. The summed E-state index contributed by atoms with van der Waals surface area (Å²) in [6, 6.07) is 0. The Kier molecular flexibility index (Phi) is 3.00. The van der Waals surface area contributed by atoms with Crippen molar-refractivity contribution in [2.24, 2.45) is 21.8 Å². The molecule has 0 aromatic rings.